The van der Waals surface area contributed by atoms with E-state index in [1.54, 1.807) is 12.3 Å². The van der Waals surface area contributed by atoms with Crippen molar-refractivity contribution in [2.75, 3.05) is 13.6 Å². The Morgan fingerprint density at radius 3 is 2.88 bits per heavy atom. The summed E-state index contributed by atoms with van der Waals surface area (Å²) < 4.78 is 0. The molecule has 3 heterocycles. The second-order valence-corrected chi connectivity index (χ2v) is 6.55. The highest BCUT2D eigenvalue weighted by Gasteiger charge is 2.23. The van der Waals surface area contributed by atoms with Crippen LogP contribution in [0.5, 0.6) is 0 Å². The molecular weight excluding hydrogens is 314 g/mol. The molecule has 0 amide bonds. The molecule has 0 saturated carbocycles. The quantitative estimate of drug-likeness (QED) is 0.790. The largest absolute Gasteiger partial charge is 0.477 e. The lowest BCUT2D eigenvalue weighted by Gasteiger charge is -2.20. The normalized spacial score (nSPS) is 17.9. The van der Waals surface area contributed by atoms with Crippen molar-refractivity contribution in [3.8, 4) is 11.1 Å². The van der Waals surface area contributed by atoms with E-state index < -0.39 is 5.97 Å². The van der Waals surface area contributed by atoms with Crippen LogP contribution in [0.1, 0.15) is 34.9 Å². The average Bonchev–Trinajstić information content (AvgIpc) is 3.07. The van der Waals surface area contributed by atoms with Gasteiger partial charge in [0.1, 0.15) is 5.69 Å². The Balaban J connectivity index is 1.80. The Labute approximate surface area is 146 Å². The third-order valence-corrected chi connectivity index (χ3v) is 4.96. The highest BCUT2D eigenvalue weighted by atomic mass is 16.4. The monoisotopic (exact) mass is 333 g/mol. The Kier molecular flexibility index (Phi) is 3.93. The van der Waals surface area contributed by atoms with Gasteiger partial charge in [-0.05, 0) is 55.1 Å². The third-order valence-electron chi connectivity index (χ3n) is 4.96. The Morgan fingerprint density at radius 2 is 2.12 bits per heavy atom. The smallest absolute Gasteiger partial charge is 0.354 e. The molecule has 1 fully saturated rings. The number of likely N-dealkylation sites (tertiary alicyclic amines) is 1. The lowest BCUT2D eigenvalue weighted by molar-refractivity contribution is 0.0690. The van der Waals surface area contributed by atoms with E-state index in [9.17, 15) is 4.79 Å². The van der Waals surface area contributed by atoms with E-state index in [0.29, 0.717) is 6.04 Å². The lowest BCUT2D eigenvalue weighted by Crippen LogP contribution is -2.17. The summed E-state index contributed by atoms with van der Waals surface area (Å²) in [5, 5.41) is 10.9. The molecule has 5 heteroatoms. The first kappa shape index (κ1) is 15.7. The summed E-state index contributed by atoms with van der Waals surface area (Å²) in [6, 6.07) is 10.1. The van der Waals surface area contributed by atoms with E-state index in [0.717, 1.165) is 34.9 Å². The van der Waals surface area contributed by atoms with Crippen LogP contribution in [0, 0.1) is 0 Å². The van der Waals surface area contributed by atoms with E-state index in [4.69, 9.17) is 5.11 Å². The zero-order valence-electron chi connectivity index (χ0n) is 14.0. The fourth-order valence-electron chi connectivity index (χ4n) is 3.66. The van der Waals surface area contributed by atoms with Crippen LogP contribution in [0.3, 0.4) is 0 Å². The minimum absolute atomic E-state index is 0.0594. The van der Waals surface area contributed by atoms with Gasteiger partial charge in [0, 0.05) is 35.6 Å². The summed E-state index contributed by atoms with van der Waals surface area (Å²) in [5.41, 5.74) is 3.35. The van der Waals surface area contributed by atoms with E-state index in [-0.39, 0.29) is 5.69 Å². The second-order valence-electron chi connectivity index (χ2n) is 6.55. The fourth-order valence-corrected chi connectivity index (χ4v) is 3.66. The number of rotatable bonds is 3. The topological polar surface area (TPSA) is 66.3 Å². The van der Waals surface area contributed by atoms with Crippen LogP contribution in [-0.2, 0) is 0 Å². The van der Waals surface area contributed by atoms with Crippen LogP contribution in [0.15, 0.2) is 48.9 Å². The zero-order valence-corrected chi connectivity index (χ0v) is 14.0. The molecule has 1 N–H and O–H groups in total. The molecule has 0 radical (unpaired) electrons. The summed E-state index contributed by atoms with van der Waals surface area (Å²) in [4.78, 5) is 22.0. The van der Waals surface area contributed by atoms with Crippen molar-refractivity contribution in [1.82, 2.24) is 14.9 Å². The summed E-state index contributed by atoms with van der Waals surface area (Å²) in [6.45, 7) is 1.12. The number of carbonyl (C=O) groups is 1. The molecule has 5 nitrogen and oxygen atoms in total. The van der Waals surface area contributed by atoms with Crippen LogP contribution < -0.4 is 0 Å². The van der Waals surface area contributed by atoms with Crippen LogP contribution in [0.25, 0.3) is 21.9 Å². The predicted molar refractivity (Wildman–Crippen MR) is 96.5 cm³/mol. The maximum atomic E-state index is 11.1. The van der Waals surface area contributed by atoms with Crippen molar-refractivity contribution in [2.45, 2.75) is 18.9 Å². The molecule has 0 bridgehead atoms. The van der Waals surface area contributed by atoms with Crippen molar-refractivity contribution in [3.05, 3.63) is 60.2 Å². The molecule has 1 aromatic carbocycles. The lowest BCUT2D eigenvalue weighted by atomic mass is 9.97. The highest BCUT2D eigenvalue weighted by Crippen LogP contribution is 2.34. The number of benzene rings is 1. The van der Waals surface area contributed by atoms with E-state index >= 15 is 0 Å². The number of fused-ring (bicyclic) bond motifs is 1. The second kappa shape index (κ2) is 6.26. The summed E-state index contributed by atoms with van der Waals surface area (Å²) in [5.74, 6) is -1.01. The van der Waals surface area contributed by atoms with Gasteiger partial charge in [0.25, 0.3) is 0 Å². The van der Waals surface area contributed by atoms with Gasteiger partial charge in [-0.1, -0.05) is 18.2 Å². The van der Waals surface area contributed by atoms with E-state index in [1.807, 2.05) is 30.6 Å². The number of hydrogen-bond acceptors (Lipinski definition) is 4. The number of pyridine rings is 2. The zero-order chi connectivity index (χ0) is 17.4. The van der Waals surface area contributed by atoms with Gasteiger partial charge in [0.2, 0.25) is 0 Å². The van der Waals surface area contributed by atoms with Crippen molar-refractivity contribution in [3.63, 3.8) is 0 Å². The number of aromatic carboxylic acids is 1. The van der Waals surface area contributed by atoms with Crippen LogP contribution in [0.2, 0.25) is 0 Å². The first-order valence-corrected chi connectivity index (χ1v) is 8.41. The van der Waals surface area contributed by atoms with E-state index in [2.05, 4.69) is 28.0 Å². The van der Waals surface area contributed by atoms with Gasteiger partial charge in [-0.25, -0.2) is 9.78 Å². The molecule has 2 aromatic heterocycles. The van der Waals surface area contributed by atoms with Gasteiger partial charge in [0.15, 0.2) is 0 Å². The molecule has 0 spiro atoms. The first-order chi connectivity index (χ1) is 12.1. The molecule has 3 aromatic rings. The van der Waals surface area contributed by atoms with Crippen LogP contribution >= 0.6 is 0 Å². The van der Waals surface area contributed by atoms with Gasteiger partial charge < -0.3 is 5.11 Å². The Hall–Kier alpha value is -2.79. The average molecular weight is 333 g/mol. The predicted octanol–water partition coefficient (Wildman–Crippen LogP) is 3.76. The molecule has 126 valence electrons. The molecule has 0 unspecified atom stereocenters. The first-order valence-electron chi connectivity index (χ1n) is 8.41. The number of hydrogen-bond donors (Lipinski definition) is 1. The van der Waals surface area contributed by atoms with Crippen LogP contribution in [-0.4, -0.2) is 39.5 Å². The summed E-state index contributed by atoms with van der Waals surface area (Å²) in [7, 11) is 2.15. The van der Waals surface area contributed by atoms with Crippen LogP contribution in [0.4, 0.5) is 0 Å². The van der Waals surface area contributed by atoms with Crippen molar-refractivity contribution in [1.29, 1.82) is 0 Å². The number of nitrogens with zero attached hydrogens (tertiary/aromatic N) is 3. The maximum Gasteiger partial charge on any atom is 0.354 e. The molecule has 1 aliphatic rings. The van der Waals surface area contributed by atoms with Crippen molar-refractivity contribution < 1.29 is 9.90 Å². The summed E-state index contributed by atoms with van der Waals surface area (Å²) in [6.07, 6.45) is 7.81. The number of carboxylic acids is 1. The van der Waals surface area contributed by atoms with Gasteiger partial charge in [-0.3, -0.25) is 9.88 Å². The van der Waals surface area contributed by atoms with Crippen molar-refractivity contribution >= 4 is 16.7 Å². The number of carboxylic acid groups (broad SMARTS) is 1. The molecule has 1 aliphatic heterocycles. The SMILES string of the molecule is CN1CCC[C@H]1c1cncc(-c2cccc3cc(C(=O)O)ncc23)c1. The highest BCUT2D eigenvalue weighted by molar-refractivity contribution is 5.99. The summed E-state index contributed by atoms with van der Waals surface area (Å²) >= 11 is 0. The minimum Gasteiger partial charge on any atom is -0.477 e. The molecule has 4 rings (SSSR count). The molecular formula is C20H19N3O2. The molecule has 0 aliphatic carbocycles. The molecule has 1 saturated heterocycles. The van der Waals surface area contributed by atoms with E-state index in [1.165, 1.54) is 12.0 Å². The maximum absolute atomic E-state index is 11.1. The molecule has 25 heavy (non-hydrogen) atoms. The Morgan fingerprint density at radius 1 is 1.24 bits per heavy atom. The third kappa shape index (κ3) is 2.87. The Bertz CT molecular complexity index is 955. The molecule has 1 atom stereocenters. The standard InChI is InChI=1S/C20H19N3O2/c1-23-7-3-6-19(23)15-8-14(10-21-11-15)16-5-2-4-13-9-18(20(24)25)22-12-17(13)16/h2,4-5,8-12,19H,3,6-7H2,1H3,(H,24,25)/t19-/m0/s1. The van der Waals surface area contributed by atoms with Crippen molar-refractivity contribution in [2.24, 2.45) is 0 Å². The number of aromatic nitrogens is 2. The van der Waals surface area contributed by atoms with Gasteiger partial charge >= 0.3 is 5.97 Å². The minimum atomic E-state index is -1.01. The van der Waals surface area contributed by atoms with Gasteiger partial charge in [-0.15, -0.1) is 0 Å². The van der Waals surface area contributed by atoms with Gasteiger partial charge in [0.05, 0.1) is 0 Å². The van der Waals surface area contributed by atoms with Gasteiger partial charge in [-0.2, -0.15) is 0 Å². The fraction of sp³-hybridized carbons (Fsp3) is 0.250.